The summed E-state index contributed by atoms with van der Waals surface area (Å²) in [5, 5.41) is 3.24. The van der Waals surface area contributed by atoms with Crippen LogP contribution in [0.25, 0.3) is 0 Å². The Balaban J connectivity index is 1.31. The molecule has 0 aromatic heterocycles. The monoisotopic (exact) mass is 490 g/mol. The summed E-state index contributed by atoms with van der Waals surface area (Å²) in [4.78, 5) is 13.8. The molecule has 0 spiro atoms. The molecule has 2 unspecified atom stereocenters. The number of sulfonamides is 1. The normalized spacial score (nSPS) is 35.2. The van der Waals surface area contributed by atoms with Gasteiger partial charge in [0, 0.05) is 25.2 Å². The number of amides is 1. The summed E-state index contributed by atoms with van der Waals surface area (Å²) in [6.45, 7) is 3.24. The maximum absolute atomic E-state index is 13.7. The summed E-state index contributed by atoms with van der Waals surface area (Å²) < 4.78 is 39.3. The average Bonchev–Trinajstić information content (AvgIpc) is 3.37. The fourth-order valence-electron chi connectivity index (χ4n) is 7.77. The molecule has 3 aliphatic carbocycles. The van der Waals surface area contributed by atoms with E-state index in [0.717, 1.165) is 38.5 Å². The topological polar surface area (TPSA) is 84.9 Å². The van der Waals surface area contributed by atoms with Gasteiger partial charge in [-0.1, -0.05) is 13.3 Å². The van der Waals surface area contributed by atoms with Gasteiger partial charge >= 0.3 is 0 Å². The van der Waals surface area contributed by atoms with Crippen LogP contribution in [0.15, 0.2) is 23.1 Å². The number of hydrogen-bond donors (Lipinski definition) is 1. The number of benzene rings is 1. The van der Waals surface area contributed by atoms with E-state index < -0.39 is 10.0 Å². The summed E-state index contributed by atoms with van der Waals surface area (Å²) in [6.07, 6.45) is 9.47. The maximum atomic E-state index is 13.7. The van der Waals surface area contributed by atoms with E-state index in [1.807, 2.05) is 0 Å². The molecule has 1 aromatic rings. The minimum absolute atomic E-state index is 0.139. The molecule has 1 heterocycles. The fourth-order valence-corrected chi connectivity index (χ4v) is 9.60. The highest BCUT2D eigenvalue weighted by Crippen LogP contribution is 2.64. The molecule has 1 N–H and O–H groups in total. The van der Waals surface area contributed by atoms with E-state index in [4.69, 9.17) is 9.47 Å². The lowest BCUT2D eigenvalue weighted by atomic mass is 9.68. The van der Waals surface area contributed by atoms with E-state index in [2.05, 4.69) is 12.2 Å². The largest absolute Gasteiger partial charge is 0.497 e. The molecule has 8 heteroatoms. The summed E-state index contributed by atoms with van der Waals surface area (Å²) >= 11 is 0. The van der Waals surface area contributed by atoms with E-state index in [1.54, 1.807) is 22.5 Å². The zero-order chi connectivity index (χ0) is 24.1. The van der Waals surface area contributed by atoms with Gasteiger partial charge in [-0.3, -0.25) is 4.79 Å². The van der Waals surface area contributed by atoms with Gasteiger partial charge in [-0.15, -0.1) is 0 Å². The molecule has 4 aliphatic rings. The molecule has 1 aliphatic heterocycles. The first-order valence-electron chi connectivity index (χ1n) is 12.7. The number of hydrogen-bond acceptors (Lipinski definition) is 5. The van der Waals surface area contributed by atoms with Crippen molar-refractivity contribution >= 4 is 15.9 Å². The van der Waals surface area contributed by atoms with Gasteiger partial charge in [0.1, 0.15) is 16.4 Å². The summed E-state index contributed by atoms with van der Waals surface area (Å²) in [6, 6.07) is 4.53. The predicted octanol–water partition coefficient (Wildman–Crippen LogP) is 3.97. The number of carbonyl (C=O) groups excluding carboxylic acids is 1. The number of carbonyl (C=O) groups is 1. The van der Waals surface area contributed by atoms with Gasteiger partial charge in [-0.2, -0.15) is 4.31 Å². The number of nitrogens with one attached hydrogen (secondary N) is 1. The van der Waals surface area contributed by atoms with Crippen LogP contribution in [-0.4, -0.2) is 52.0 Å². The molecule has 7 nitrogen and oxygen atoms in total. The highest BCUT2D eigenvalue weighted by Gasteiger charge is 2.58. The van der Waals surface area contributed by atoms with Gasteiger partial charge in [0.25, 0.3) is 0 Å². The van der Waals surface area contributed by atoms with Gasteiger partial charge in [0.05, 0.1) is 19.6 Å². The Morgan fingerprint density at radius 1 is 1.15 bits per heavy atom. The molecule has 188 valence electrons. The number of ether oxygens (including phenoxy) is 2. The highest BCUT2D eigenvalue weighted by molar-refractivity contribution is 7.89. The van der Waals surface area contributed by atoms with Crippen LogP contribution in [0.3, 0.4) is 0 Å². The van der Waals surface area contributed by atoms with E-state index in [1.165, 1.54) is 33.5 Å². The third-order valence-electron chi connectivity index (χ3n) is 9.21. The summed E-state index contributed by atoms with van der Waals surface area (Å²) in [7, 11) is -0.763. The van der Waals surface area contributed by atoms with Crippen LogP contribution in [0.2, 0.25) is 0 Å². The lowest BCUT2D eigenvalue weighted by Gasteiger charge is -2.37. The Morgan fingerprint density at radius 2 is 1.97 bits per heavy atom. The van der Waals surface area contributed by atoms with Crippen LogP contribution in [0.1, 0.15) is 64.7 Å². The third-order valence-corrected chi connectivity index (χ3v) is 11.2. The third kappa shape index (κ3) is 3.91. The van der Waals surface area contributed by atoms with E-state index in [9.17, 15) is 13.2 Å². The number of methoxy groups -OCH3 is 2. The molecule has 34 heavy (non-hydrogen) atoms. The van der Waals surface area contributed by atoms with Crippen molar-refractivity contribution < 1.29 is 22.7 Å². The number of nitrogens with zero attached hydrogens (tertiary/aromatic N) is 1. The Kier molecular flexibility index (Phi) is 6.12. The Labute approximate surface area is 203 Å². The van der Waals surface area contributed by atoms with Crippen LogP contribution >= 0.6 is 0 Å². The molecular weight excluding hydrogens is 452 g/mol. The molecule has 5 atom stereocenters. The molecular formula is C26H38N2O5S. The van der Waals surface area contributed by atoms with Crippen LogP contribution in [-0.2, 0) is 14.8 Å². The minimum Gasteiger partial charge on any atom is -0.497 e. The molecule has 3 bridgehead atoms. The van der Waals surface area contributed by atoms with Crippen LogP contribution < -0.4 is 14.8 Å². The highest BCUT2D eigenvalue weighted by atomic mass is 32.2. The predicted molar refractivity (Wildman–Crippen MR) is 129 cm³/mol. The summed E-state index contributed by atoms with van der Waals surface area (Å²) in [5.74, 6) is 2.12. The van der Waals surface area contributed by atoms with Crippen molar-refractivity contribution in [1.29, 1.82) is 0 Å². The van der Waals surface area contributed by atoms with Gasteiger partial charge in [-0.05, 0) is 80.8 Å². The fraction of sp³-hybridized carbons (Fsp3) is 0.731. The number of rotatable bonds is 7. The van der Waals surface area contributed by atoms with Crippen molar-refractivity contribution in [1.82, 2.24) is 9.62 Å². The van der Waals surface area contributed by atoms with E-state index >= 15 is 0 Å². The van der Waals surface area contributed by atoms with Crippen molar-refractivity contribution in [2.75, 3.05) is 27.3 Å². The van der Waals surface area contributed by atoms with Crippen LogP contribution in [0.5, 0.6) is 11.5 Å². The second-order valence-corrected chi connectivity index (χ2v) is 13.2. The average molecular weight is 491 g/mol. The van der Waals surface area contributed by atoms with Crippen LogP contribution in [0, 0.1) is 22.7 Å². The zero-order valence-electron chi connectivity index (χ0n) is 20.6. The maximum Gasteiger partial charge on any atom is 0.247 e. The first-order valence-corrected chi connectivity index (χ1v) is 14.2. The Morgan fingerprint density at radius 3 is 2.74 bits per heavy atom. The van der Waals surface area contributed by atoms with Crippen LogP contribution in [0.4, 0.5) is 0 Å². The lowest BCUT2D eigenvalue weighted by molar-refractivity contribution is -0.133. The van der Waals surface area contributed by atoms with Crippen molar-refractivity contribution in [2.45, 2.75) is 75.6 Å². The zero-order valence-corrected chi connectivity index (χ0v) is 21.5. The Bertz CT molecular complexity index is 1060. The van der Waals surface area contributed by atoms with E-state index in [0.29, 0.717) is 36.1 Å². The molecule has 3 saturated carbocycles. The standard InChI is InChI=1S/C26H38N2O5S/c1-25-9-5-10-26(15-18(14-25)12-19(26)16-25)24(29)27-17-20-6-4-11-28(20)34(30,31)23-8-7-21(32-2)13-22(23)33-3/h7-8,13,18-20H,4-6,9-12,14-17H2,1-3H3,(H,27,29)/t18-,19?,20?,25+,26-/m1/s1. The summed E-state index contributed by atoms with van der Waals surface area (Å²) in [5.41, 5.74) is 0.153. The molecule has 1 aromatic carbocycles. The van der Waals surface area contributed by atoms with Gasteiger partial charge < -0.3 is 14.8 Å². The molecule has 1 amide bonds. The first kappa shape index (κ1) is 23.9. The molecule has 5 rings (SSSR count). The van der Waals surface area contributed by atoms with Gasteiger partial charge in [-0.25, -0.2) is 8.42 Å². The molecule has 4 fully saturated rings. The van der Waals surface area contributed by atoms with Crippen molar-refractivity contribution in [3.8, 4) is 11.5 Å². The Hall–Kier alpha value is -1.80. The lowest BCUT2D eigenvalue weighted by Crippen LogP contribution is -2.48. The second kappa shape index (κ2) is 8.70. The molecule has 0 radical (unpaired) electrons. The SMILES string of the molecule is COc1ccc(S(=O)(=O)N2CCCC2CNC(=O)[C@@]23CCC[C@]4(C)CC2C[C@H](C4)C3)c(OC)c1. The van der Waals surface area contributed by atoms with E-state index in [-0.39, 0.29) is 28.0 Å². The molecule has 1 saturated heterocycles. The smallest absolute Gasteiger partial charge is 0.247 e. The number of fused-ring (bicyclic) bond motifs is 2. The first-order chi connectivity index (χ1) is 16.2. The quantitative estimate of drug-likeness (QED) is 0.625. The van der Waals surface area contributed by atoms with Gasteiger partial charge in [0.15, 0.2) is 0 Å². The second-order valence-electron chi connectivity index (χ2n) is 11.4. The van der Waals surface area contributed by atoms with Crippen molar-refractivity contribution in [3.05, 3.63) is 18.2 Å². The van der Waals surface area contributed by atoms with Crippen molar-refractivity contribution in [3.63, 3.8) is 0 Å². The van der Waals surface area contributed by atoms with Gasteiger partial charge in [0.2, 0.25) is 15.9 Å². The minimum atomic E-state index is -3.76. The van der Waals surface area contributed by atoms with Crippen molar-refractivity contribution in [2.24, 2.45) is 22.7 Å².